The van der Waals surface area contributed by atoms with E-state index in [4.69, 9.17) is 4.74 Å². The molecule has 0 spiro atoms. The largest absolute Gasteiger partial charge is 0.457 e. The predicted octanol–water partition coefficient (Wildman–Crippen LogP) is 6.62. The summed E-state index contributed by atoms with van der Waals surface area (Å²) in [5.74, 6) is 1.55. The number of carbonyl (C=O) groups is 1. The van der Waals surface area contributed by atoms with Crippen LogP contribution in [0.2, 0.25) is 0 Å². The zero-order valence-electron chi connectivity index (χ0n) is 17.3. The number of nitrogens with zero attached hydrogens (tertiary/aromatic N) is 1. The van der Waals surface area contributed by atoms with Gasteiger partial charge < -0.3 is 15.0 Å². The van der Waals surface area contributed by atoms with E-state index in [0.29, 0.717) is 6.54 Å². The number of anilines is 1. The first-order chi connectivity index (χ1) is 14.1. The molecule has 4 nitrogen and oxygen atoms in total. The Balaban J connectivity index is 1.75. The molecule has 0 aromatic heterocycles. The van der Waals surface area contributed by atoms with Crippen LogP contribution in [-0.2, 0) is 6.54 Å². The molecular weight excluding hydrogens is 360 g/mol. The number of para-hydroxylation sites is 2. The molecule has 1 N–H and O–H groups in total. The monoisotopic (exact) mass is 388 g/mol. The van der Waals surface area contributed by atoms with E-state index in [1.165, 1.54) is 0 Å². The molecule has 29 heavy (non-hydrogen) atoms. The molecule has 0 saturated heterocycles. The topological polar surface area (TPSA) is 41.6 Å². The maximum absolute atomic E-state index is 13.0. The van der Waals surface area contributed by atoms with Gasteiger partial charge in [-0.25, -0.2) is 4.79 Å². The Bertz CT molecular complexity index is 940. The lowest BCUT2D eigenvalue weighted by molar-refractivity contribution is 0.187. The predicted molar refractivity (Wildman–Crippen MR) is 118 cm³/mol. The molecule has 3 rings (SSSR count). The third-order valence-electron chi connectivity index (χ3n) is 5.00. The van der Waals surface area contributed by atoms with Crippen LogP contribution in [0, 0.1) is 6.92 Å². The first-order valence-electron chi connectivity index (χ1n) is 10.0. The molecule has 0 aliphatic rings. The number of nitrogens with one attached hydrogen (secondary N) is 1. The highest BCUT2D eigenvalue weighted by Crippen LogP contribution is 2.23. The molecule has 150 valence electrons. The highest BCUT2D eigenvalue weighted by atomic mass is 16.5. The second kappa shape index (κ2) is 9.78. The van der Waals surface area contributed by atoms with Crippen LogP contribution in [0.5, 0.6) is 11.5 Å². The number of amides is 2. The zero-order valence-corrected chi connectivity index (χ0v) is 17.3. The van der Waals surface area contributed by atoms with Crippen LogP contribution in [0.1, 0.15) is 31.4 Å². The lowest BCUT2D eigenvalue weighted by Crippen LogP contribution is -2.40. The van der Waals surface area contributed by atoms with Gasteiger partial charge in [0, 0.05) is 18.3 Å². The number of rotatable bonds is 7. The van der Waals surface area contributed by atoms with E-state index >= 15 is 0 Å². The van der Waals surface area contributed by atoms with Crippen LogP contribution in [0.4, 0.5) is 10.5 Å². The number of hydrogen-bond acceptors (Lipinski definition) is 2. The fraction of sp³-hybridized carbons (Fsp3) is 0.240. The van der Waals surface area contributed by atoms with E-state index in [9.17, 15) is 4.79 Å². The van der Waals surface area contributed by atoms with Crippen molar-refractivity contribution in [1.29, 1.82) is 0 Å². The third-order valence-corrected chi connectivity index (χ3v) is 5.00. The molecule has 0 heterocycles. The van der Waals surface area contributed by atoms with Gasteiger partial charge in [0.15, 0.2) is 0 Å². The summed E-state index contributed by atoms with van der Waals surface area (Å²) >= 11 is 0. The summed E-state index contributed by atoms with van der Waals surface area (Å²) in [7, 11) is 0. The minimum atomic E-state index is -0.0944. The van der Waals surface area contributed by atoms with Crippen molar-refractivity contribution >= 4 is 11.7 Å². The Labute approximate surface area is 173 Å². The van der Waals surface area contributed by atoms with Crippen LogP contribution in [0.15, 0.2) is 78.9 Å². The number of carbonyl (C=O) groups excluding carboxylic acids is 1. The normalized spacial score (nSPS) is 11.6. The smallest absolute Gasteiger partial charge is 0.322 e. The maximum atomic E-state index is 13.0. The Morgan fingerprint density at radius 1 is 0.966 bits per heavy atom. The van der Waals surface area contributed by atoms with Crippen LogP contribution >= 0.6 is 0 Å². The summed E-state index contributed by atoms with van der Waals surface area (Å²) in [6, 6.07) is 25.4. The van der Waals surface area contributed by atoms with Crippen molar-refractivity contribution in [2.45, 2.75) is 39.8 Å². The number of aryl methyl sites for hydroxylation is 1. The molecule has 0 fully saturated rings. The van der Waals surface area contributed by atoms with Crippen molar-refractivity contribution in [3.8, 4) is 11.5 Å². The van der Waals surface area contributed by atoms with Gasteiger partial charge in [0.2, 0.25) is 0 Å². The van der Waals surface area contributed by atoms with E-state index in [-0.39, 0.29) is 12.1 Å². The zero-order chi connectivity index (χ0) is 20.6. The summed E-state index contributed by atoms with van der Waals surface area (Å²) in [5, 5.41) is 3.06. The summed E-state index contributed by atoms with van der Waals surface area (Å²) in [6.45, 7) is 6.67. The number of ether oxygens (including phenoxy) is 1. The Morgan fingerprint density at radius 3 is 2.38 bits per heavy atom. The SMILES string of the molecule is CCC(C)N(Cc1cccc(Oc2ccccc2)c1)C(=O)Nc1ccccc1C. The van der Waals surface area contributed by atoms with Crippen LogP contribution in [-0.4, -0.2) is 17.0 Å². The first-order valence-corrected chi connectivity index (χ1v) is 10.0. The fourth-order valence-corrected chi connectivity index (χ4v) is 3.08. The van der Waals surface area contributed by atoms with Crippen LogP contribution in [0.25, 0.3) is 0 Å². The van der Waals surface area contributed by atoms with Crippen molar-refractivity contribution in [3.05, 3.63) is 90.0 Å². The minimum Gasteiger partial charge on any atom is -0.457 e. The summed E-state index contributed by atoms with van der Waals surface area (Å²) < 4.78 is 5.94. The summed E-state index contributed by atoms with van der Waals surface area (Å²) in [5.41, 5.74) is 2.91. The van der Waals surface area contributed by atoms with Gasteiger partial charge in [-0.1, -0.05) is 55.5 Å². The quantitative estimate of drug-likeness (QED) is 0.494. The highest BCUT2D eigenvalue weighted by Gasteiger charge is 2.20. The van der Waals surface area contributed by atoms with Crippen molar-refractivity contribution in [2.24, 2.45) is 0 Å². The average molecular weight is 389 g/mol. The number of hydrogen-bond donors (Lipinski definition) is 1. The Morgan fingerprint density at radius 2 is 1.66 bits per heavy atom. The molecule has 0 radical (unpaired) electrons. The van der Waals surface area contributed by atoms with Gasteiger partial charge in [0.05, 0.1) is 0 Å². The van der Waals surface area contributed by atoms with Gasteiger partial charge in [0.25, 0.3) is 0 Å². The van der Waals surface area contributed by atoms with E-state index in [1.807, 2.05) is 90.7 Å². The molecule has 0 bridgehead atoms. The lowest BCUT2D eigenvalue weighted by atomic mass is 10.1. The molecule has 3 aromatic carbocycles. The molecule has 0 saturated carbocycles. The Kier molecular flexibility index (Phi) is 6.90. The molecule has 3 aromatic rings. The average Bonchev–Trinajstić information content (AvgIpc) is 2.74. The van der Waals surface area contributed by atoms with E-state index in [2.05, 4.69) is 19.2 Å². The lowest BCUT2D eigenvalue weighted by Gasteiger charge is -2.29. The maximum Gasteiger partial charge on any atom is 0.322 e. The molecule has 4 heteroatoms. The minimum absolute atomic E-state index is 0.0944. The standard InChI is InChI=1S/C25H28N2O2/c1-4-20(3)27(25(28)26-24-16-9-8-11-19(24)2)18-21-12-10-15-23(17-21)29-22-13-6-5-7-14-22/h5-17,20H,4,18H2,1-3H3,(H,26,28). The second-order valence-electron chi connectivity index (χ2n) is 7.19. The summed E-state index contributed by atoms with van der Waals surface area (Å²) in [6.07, 6.45) is 0.876. The van der Waals surface area contributed by atoms with Gasteiger partial charge in [-0.2, -0.15) is 0 Å². The van der Waals surface area contributed by atoms with E-state index < -0.39 is 0 Å². The first kappa shape index (κ1) is 20.5. The van der Waals surface area contributed by atoms with Crippen molar-refractivity contribution in [1.82, 2.24) is 4.90 Å². The molecular formula is C25H28N2O2. The van der Waals surface area contributed by atoms with Crippen LogP contribution in [0.3, 0.4) is 0 Å². The van der Waals surface area contributed by atoms with Gasteiger partial charge in [-0.3, -0.25) is 0 Å². The highest BCUT2D eigenvalue weighted by molar-refractivity contribution is 5.90. The van der Waals surface area contributed by atoms with Crippen LogP contribution < -0.4 is 10.1 Å². The molecule has 0 aliphatic carbocycles. The van der Waals surface area contributed by atoms with Gasteiger partial charge in [-0.05, 0) is 61.7 Å². The molecule has 1 atom stereocenters. The van der Waals surface area contributed by atoms with E-state index in [1.54, 1.807) is 0 Å². The summed E-state index contributed by atoms with van der Waals surface area (Å²) in [4.78, 5) is 14.9. The number of urea groups is 1. The number of benzene rings is 3. The molecule has 0 aliphatic heterocycles. The Hall–Kier alpha value is -3.27. The van der Waals surface area contributed by atoms with Crippen molar-refractivity contribution in [3.63, 3.8) is 0 Å². The van der Waals surface area contributed by atoms with Gasteiger partial charge >= 0.3 is 6.03 Å². The molecule has 2 amide bonds. The van der Waals surface area contributed by atoms with Crippen molar-refractivity contribution in [2.75, 3.05) is 5.32 Å². The van der Waals surface area contributed by atoms with Gasteiger partial charge in [-0.15, -0.1) is 0 Å². The van der Waals surface area contributed by atoms with E-state index in [0.717, 1.165) is 34.7 Å². The van der Waals surface area contributed by atoms with Crippen molar-refractivity contribution < 1.29 is 9.53 Å². The van der Waals surface area contributed by atoms with Gasteiger partial charge in [0.1, 0.15) is 11.5 Å². The molecule has 1 unspecified atom stereocenters. The fourth-order valence-electron chi connectivity index (χ4n) is 3.08. The third kappa shape index (κ3) is 5.61. The second-order valence-corrected chi connectivity index (χ2v) is 7.19.